The molecule has 2 aromatic carbocycles. The summed E-state index contributed by atoms with van der Waals surface area (Å²) >= 11 is 0. The molecule has 1 aliphatic heterocycles. The van der Waals surface area contributed by atoms with Crippen LogP contribution in [0.25, 0.3) is 11.4 Å². The number of piperazine rings is 1. The lowest BCUT2D eigenvalue weighted by atomic mass is 10.1. The standard InChI is InChI=1S/C23H25FN4O4S/c1-17-7-8-19(15-20(17)24)23-25-21(32-26-23)9-10-22(29)27-11-13-28(14-12-27)33(30,31)16-18-5-3-2-4-6-18/h2-8,15H,9-14,16H2,1H3. The molecule has 1 amide bonds. The molecule has 1 saturated heterocycles. The summed E-state index contributed by atoms with van der Waals surface area (Å²) in [5.74, 6) is 0.0683. The molecule has 0 aliphatic carbocycles. The summed E-state index contributed by atoms with van der Waals surface area (Å²) in [6.45, 7) is 2.88. The van der Waals surface area contributed by atoms with Crippen molar-refractivity contribution < 1.29 is 22.1 Å². The average molecular weight is 473 g/mol. The van der Waals surface area contributed by atoms with Gasteiger partial charge in [-0.25, -0.2) is 12.8 Å². The maximum Gasteiger partial charge on any atom is 0.227 e. The predicted molar refractivity (Wildman–Crippen MR) is 120 cm³/mol. The Bertz CT molecular complexity index is 1220. The number of benzene rings is 2. The molecule has 174 valence electrons. The van der Waals surface area contributed by atoms with E-state index in [1.165, 1.54) is 10.4 Å². The van der Waals surface area contributed by atoms with Crippen molar-refractivity contribution in [3.05, 3.63) is 71.4 Å². The first-order valence-electron chi connectivity index (χ1n) is 10.7. The molecule has 0 spiro atoms. The first-order chi connectivity index (χ1) is 15.8. The third-order valence-corrected chi connectivity index (χ3v) is 7.48. The van der Waals surface area contributed by atoms with E-state index >= 15 is 0 Å². The van der Waals surface area contributed by atoms with Crippen molar-refractivity contribution in [2.24, 2.45) is 0 Å². The van der Waals surface area contributed by atoms with Gasteiger partial charge in [0.25, 0.3) is 0 Å². The topological polar surface area (TPSA) is 96.6 Å². The fourth-order valence-electron chi connectivity index (χ4n) is 3.67. The number of hydrogen-bond acceptors (Lipinski definition) is 6. The minimum atomic E-state index is -3.43. The van der Waals surface area contributed by atoms with E-state index in [4.69, 9.17) is 4.52 Å². The van der Waals surface area contributed by atoms with E-state index in [1.807, 2.05) is 18.2 Å². The van der Waals surface area contributed by atoms with Gasteiger partial charge in [0, 0.05) is 44.6 Å². The summed E-state index contributed by atoms with van der Waals surface area (Å²) in [5, 5.41) is 3.87. The van der Waals surface area contributed by atoms with Gasteiger partial charge >= 0.3 is 0 Å². The number of carbonyl (C=O) groups is 1. The van der Waals surface area contributed by atoms with Gasteiger partial charge in [0.1, 0.15) is 5.82 Å². The molecule has 0 atom stereocenters. The Morgan fingerprint density at radius 2 is 1.82 bits per heavy atom. The summed E-state index contributed by atoms with van der Waals surface area (Å²) in [6, 6.07) is 13.7. The van der Waals surface area contributed by atoms with Crippen molar-refractivity contribution in [3.8, 4) is 11.4 Å². The quantitative estimate of drug-likeness (QED) is 0.525. The summed E-state index contributed by atoms with van der Waals surface area (Å²) < 4.78 is 45.8. The first kappa shape index (κ1) is 23.1. The smallest absolute Gasteiger partial charge is 0.227 e. The van der Waals surface area contributed by atoms with Crippen molar-refractivity contribution >= 4 is 15.9 Å². The summed E-state index contributed by atoms with van der Waals surface area (Å²) in [6.07, 6.45) is 0.424. The van der Waals surface area contributed by atoms with E-state index in [9.17, 15) is 17.6 Å². The van der Waals surface area contributed by atoms with E-state index in [2.05, 4.69) is 10.1 Å². The van der Waals surface area contributed by atoms with Crippen LogP contribution in [0.3, 0.4) is 0 Å². The van der Waals surface area contributed by atoms with Gasteiger partial charge in [0.15, 0.2) is 0 Å². The van der Waals surface area contributed by atoms with Crippen LogP contribution in [0.1, 0.15) is 23.4 Å². The number of nitrogens with zero attached hydrogens (tertiary/aromatic N) is 4. The number of amides is 1. The molecule has 2 heterocycles. The fourth-order valence-corrected chi connectivity index (χ4v) is 5.19. The van der Waals surface area contributed by atoms with Crippen LogP contribution in [-0.2, 0) is 27.0 Å². The molecule has 1 aliphatic rings. The molecule has 8 nitrogen and oxygen atoms in total. The van der Waals surface area contributed by atoms with Gasteiger partial charge < -0.3 is 9.42 Å². The molecule has 4 rings (SSSR count). The van der Waals surface area contributed by atoms with Gasteiger partial charge in [-0.05, 0) is 24.1 Å². The average Bonchev–Trinajstić information content (AvgIpc) is 3.29. The highest BCUT2D eigenvalue weighted by molar-refractivity contribution is 7.88. The maximum atomic E-state index is 13.8. The Kier molecular flexibility index (Phi) is 6.85. The zero-order valence-corrected chi connectivity index (χ0v) is 19.1. The monoisotopic (exact) mass is 472 g/mol. The zero-order valence-electron chi connectivity index (χ0n) is 18.3. The highest BCUT2D eigenvalue weighted by Crippen LogP contribution is 2.20. The number of rotatable bonds is 7. The maximum absolute atomic E-state index is 13.8. The number of aryl methyl sites for hydroxylation is 2. The first-order valence-corrected chi connectivity index (χ1v) is 12.3. The predicted octanol–water partition coefficient (Wildman–Crippen LogP) is 2.79. The molecule has 1 aromatic heterocycles. The highest BCUT2D eigenvalue weighted by atomic mass is 32.2. The van der Waals surface area contributed by atoms with Crippen molar-refractivity contribution in [2.75, 3.05) is 26.2 Å². The number of hydrogen-bond donors (Lipinski definition) is 0. The molecular formula is C23H25FN4O4S. The molecule has 0 saturated carbocycles. The van der Waals surface area contributed by atoms with E-state index in [0.717, 1.165) is 5.56 Å². The van der Waals surface area contributed by atoms with Crippen molar-refractivity contribution in [1.29, 1.82) is 0 Å². The normalized spacial score (nSPS) is 15.0. The van der Waals surface area contributed by atoms with Crippen LogP contribution in [0.5, 0.6) is 0 Å². The molecule has 33 heavy (non-hydrogen) atoms. The van der Waals surface area contributed by atoms with Gasteiger partial charge in [-0.15, -0.1) is 0 Å². The van der Waals surface area contributed by atoms with E-state index < -0.39 is 10.0 Å². The third-order valence-electron chi connectivity index (χ3n) is 5.63. The van der Waals surface area contributed by atoms with E-state index in [1.54, 1.807) is 36.1 Å². The molecule has 0 radical (unpaired) electrons. The minimum absolute atomic E-state index is 0.0494. The lowest BCUT2D eigenvalue weighted by molar-refractivity contribution is -0.132. The fraction of sp³-hybridized carbons (Fsp3) is 0.348. The Morgan fingerprint density at radius 1 is 1.09 bits per heavy atom. The van der Waals surface area contributed by atoms with Crippen LogP contribution in [0.4, 0.5) is 4.39 Å². The van der Waals surface area contributed by atoms with Crippen molar-refractivity contribution in [2.45, 2.75) is 25.5 Å². The van der Waals surface area contributed by atoms with Crippen LogP contribution in [0.2, 0.25) is 0 Å². The van der Waals surface area contributed by atoms with Crippen LogP contribution < -0.4 is 0 Å². The number of sulfonamides is 1. The molecule has 0 bridgehead atoms. The summed E-state index contributed by atoms with van der Waals surface area (Å²) in [5.41, 5.74) is 1.77. The Balaban J connectivity index is 1.27. The second kappa shape index (κ2) is 9.80. The Morgan fingerprint density at radius 3 is 2.52 bits per heavy atom. The molecule has 0 N–H and O–H groups in total. The number of carbonyl (C=O) groups excluding carboxylic acids is 1. The van der Waals surface area contributed by atoms with Gasteiger partial charge in [-0.3, -0.25) is 4.79 Å². The van der Waals surface area contributed by atoms with Crippen LogP contribution in [0.15, 0.2) is 53.1 Å². The Hall–Kier alpha value is -3.11. The van der Waals surface area contributed by atoms with Crippen LogP contribution in [0, 0.1) is 12.7 Å². The van der Waals surface area contributed by atoms with E-state index in [-0.39, 0.29) is 49.2 Å². The van der Waals surface area contributed by atoms with Gasteiger partial charge in [0.05, 0.1) is 5.75 Å². The largest absolute Gasteiger partial charge is 0.340 e. The lowest BCUT2D eigenvalue weighted by Crippen LogP contribution is -2.50. The van der Waals surface area contributed by atoms with Gasteiger partial charge in [-0.1, -0.05) is 47.6 Å². The van der Waals surface area contributed by atoms with Crippen LogP contribution >= 0.6 is 0 Å². The molecule has 10 heteroatoms. The van der Waals surface area contributed by atoms with Gasteiger partial charge in [-0.2, -0.15) is 9.29 Å². The zero-order chi connectivity index (χ0) is 23.4. The van der Waals surface area contributed by atoms with Gasteiger partial charge in [0.2, 0.25) is 27.6 Å². The highest BCUT2D eigenvalue weighted by Gasteiger charge is 2.29. The van der Waals surface area contributed by atoms with Crippen molar-refractivity contribution in [1.82, 2.24) is 19.3 Å². The minimum Gasteiger partial charge on any atom is -0.340 e. The van der Waals surface area contributed by atoms with Crippen LogP contribution in [-0.4, -0.2) is 59.8 Å². The second-order valence-corrected chi connectivity index (χ2v) is 9.97. The molecule has 0 unspecified atom stereocenters. The molecule has 1 fully saturated rings. The summed E-state index contributed by atoms with van der Waals surface area (Å²) in [7, 11) is -3.43. The summed E-state index contributed by atoms with van der Waals surface area (Å²) in [4.78, 5) is 18.5. The van der Waals surface area contributed by atoms with E-state index in [0.29, 0.717) is 30.1 Å². The van der Waals surface area contributed by atoms with Crippen molar-refractivity contribution in [3.63, 3.8) is 0 Å². The Labute approximate surface area is 192 Å². The molecule has 3 aromatic rings. The lowest BCUT2D eigenvalue weighted by Gasteiger charge is -2.34. The SMILES string of the molecule is Cc1ccc(-c2noc(CCC(=O)N3CCN(S(=O)(=O)Cc4ccccc4)CC3)n2)cc1F. The molecular weight excluding hydrogens is 447 g/mol. The number of halogens is 1. The number of aromatic nitrogens is 2. The second-order valence-electron chi connectivity index (χ2n) is 8.00. The third kappa shape index (κ3) is 5.63.